The number of carbonyl (C=O) groups excluding carboxylic acids is 1. The lowest BCUT2D eigenvalue weighted by molar-refractivity contribution is -0.114. The molecule has 0 spiro atoms. The fourth-order valence-corrected chi connectivity index (χ4v) is 2.65. The van der Waals surface area contributed by atoms with Gasteiger partial charge in [-0.15, -0.1) is 0 Å². The molecule has 1 N–H and O–H groups in total. The fourth-order valence-electron chi connectivity index (χ4n) is 1.87. The number of anilines is 2. The zero-order valence-electron chi connectivity index (χ0n) is 12.9. The molecule has 0 radical (unpaired) electrons. The lowest BCUT2D eigenvalue weighted by atomic mass is 10.3. The second kappa shape index (κ2) is 6.69. The zero-order chi connectivity index (χ0) is 17.0. The number of nitrogens with zero attached hydrogens (tertiary/aromatic N) is 2. The van der Waals surface area contributed by atoms with Gasteiger partial charge in [0.05, 0.1) is 13.4 Å². The Morgan fingerprint density at radius 2 is 2.13 bits per heavy atom. The standard InChI is InChI=1S/C14H17N3O5S/c1-10-7-13(16-22-10)17(23(3,19)20)9-14(18)15-11-5-4-6-12(8-11)21-2/h4-8H,9H2,1-3H3,(H,15,18). The van der Waals surface area contributed by atoms with E-state index >= 15 is 0 Å². The van der Waals surface area contributed by atoms with E-state index in [2.05, 4.69) is 10.5 Å². The van der Waals surface area contributed by atoms with Crippen LogP contribution in [0.25, 0.3) is 0 Å². The maximum Gasteiger partial charge on any atom is 0.245 e. The van der Waals surface area contributed by atoms with E-state index in [9.17, 15) is 13.2 Å². The summed E-state index contributed by atoms with van der Waals surface area (Å²) in [6.45, 7) is 1.22. The number of hydrogen-bond acceptors (Lipinski definition) is 6. The van der Waals surface area contributed by atoms with Gasteiger partial charge in [0.15, 0.2) is 5.82 Å². The summed E-state index contributed by atoms with van der Waals surface area (Å²) in [6.07, 6.45) is 0.996. The normalized spacial score (nSPS) is 11.1. The Morgan fingerprint density at radius 1 is 1.39 bits per heavy atom. The minimum atomic E-state index is -3.68. The highest BCUT2D eigenvalue weighted by atomic mass is 32.2. The van der Waals surface area contributed by atoms with Crippen molar-refractivity contribution in [3.63, 3.8) is 0 Å². The van der Waals surface area contributed by atoms with Gasteiger partial charge in [-0.1, -0.05) is 11.2 Å². The van der Waals surface area contributed by atoms with Gasteiger partial charge < -0.3 is 14.6 Å². The molecular formula is C14H17N3O5S. The number of methoxy groups -OCH3 is 1. The van der Waals surface area contributed by atoms with E-state index in [1.54, 1.807) is 31.2 Å². The zero-order valence-corrected chi connectivity index (χ0v) is 13.8. The van der Waals surface area contributed by atoms with Crippen LogP contribution in [-0.4, -0.2) is 39.4 Å². The minimum absolute atomic E-state index is 0.0609. The first-order valence-electron chi connectivity index (χ1n) is 6.64. The quantitative estimate of drug-likeness (QED) is 0.853. The van der Waals surface area contributed by atoms with Crippen LogP contribution in [0.3, 0.4) is 0 Å². The summed E-state index contributed by atoms with van der Waals surface area (Å²) in [5, 5.41) is 6.25. The van der Waals surface area contributed by atoms with E-state index in [-0.39, 0.29) is 5.82 Å². The first kappa shape index (κ1) is 16.8. The third kappa shape index (κ3) is 4.46. The van der Waals surface area contributed by atoms with Gasteiger partial charge in [0.25, 0.3) is 0 Å². The highest BCUT2D eigenvalue weighted by Gasteiger charge is 2.23. The Balaban J connectivity index is 2.15. The van der Waals surface area contributed by atoms with Crippen molar-refractivity contribution < 1.29 is 22.5 Å². The van der Waals surface area contributed by atoms with Crippen molar-refractivity contribution in [2.75, 3.05) is 29.5 Å². The van der Waals surface area contributed by atoms with Crippen molar-refractivity contribution in [2.24, 2.45) is 0 Å². The van der Waals surface area contributed by atoms with Crippen LogP contribution in [-0.2, 0) is 14.8 Å². The molecule has 0 fully saturated rings. The van der Waals surface area contributed by atoms with Crippen LogP contribution in [0.1, 0.15) is 5.76 Å². The summed E-state index contributed by atoms with van der Waals surface area (Å²) in [5.41, 5.74) is 0.499. The molecule has 0 saturated heterocycles. The van der Waals surface area contributed by atoms with Crippen LogP contribution in [0.4, 0.5) is 11.5 Å². The largest absolute Gasteiger partial charge is 0.497 e. The van der Waals surface area contributed by atoms with E-state index in [0.29, 0.717) is 17.2 Å². The molecule has 0 aliphatic carbocycles. The molecule has 124 valence electrons. The molecule has 0 bridgehead atoms. The van der Waals surface area contributed by atoms with E-state index in [1.807, 2.05) is 0 Å². The van der Waals surface area contributed by atoms with Crippen molar-refractivity contribution in [1.29, 1.82) is 0 Å². The molecule has 0 aliphatic heterocycles. The van der Waals surface area contributed by atoms with Crippen LogP contribution in [0.2, 0.25) is 0 Å². The van der Waals surface area contributed by atoms with E-state index < -0.39 is 22.5 Å². The number of sulfonamides is 1. The molecular weight excluding hydrogens is 322 g/mol. The number of aromatic nitrogens is 1. The van der Waals surface area contributed by atoms with Gasteiger partial charge in [0, 0.05) is 17.8 Å². The number of nitrogens with one attached hydrogen (secondary N) is 1. The molecule has 23 heavy (non-hydrogen) atoms. The number of benzene rings is 1. The second-order valence-corrected chi connectivity index (χ2v) is 6.75. The molecule has 0 saturated carbocycles. The van der Waals surface area contributed by atoms with Gasteiger partial charge >= 0.3 is 0 Å². The van der Waals surface area contributed by atoms with E-state index in [1.165, 1.54) is 13.2 Å². The van der Waals surface area contributed by atoms with Crippen LogP contribution in [0.5, 0.6) is 5.75 Å². The molecule has 1 amide bonds. The molecule has 9 heteroatoms. The molecule has 0 aliphatic rings. The molecule has 2 rings (SSSR count). The Hall–Kier alpha value is -2.55. The van der Waals surface area contributed by atoms with Gasteiger partial charge in [-0.2, -0.15) is 0 Å². The monoisotopic (exact) mass is 339 g/mol. The number of amides is 1. The van der Waals surface area contributed by atoms with E-state index in [0.717, 1.165) is 10.6 Å². The van der Waals surface area contributed by atoms with Gasteiger partial charge in [-0.25, -0.2) is 12.7 Å². The number of rotatable bonds is 6. The maximum atomic E-state index is 12.1. The molecule has 1 aromatic heterocycles. The molecule has 0 unspecified atom stereocenters. The number of hydrogen-bond donors (Lipinski definition) is 1. The second-order valence-electron chi connectivity index (χ2n) is 4.85. The number of aryl methyl sites for hydroxylation is 1. The maximum absolute atomic E-state index is 12.1. The summed E-state index contributed by atoms with van der Waals surface area (Å²) in [6, 6.07) is 8.19. The van der Waals surface area contributed by atoms with Crippen LogP contribution >= 0.6 is 0 Å². The predicted octanol–water partition coefficient (Wildman–Crippen LogP) is 1.40. The fraction of sp³-hybridized carbons (Fsp3) is 0.286. The number of carbonyl (C=O) groups is 1. The van der Waals surface area contributed by atoms with Crippen molar-refractivity contribution in [3.8, 4) is 5.75 Å². The molecule has 0 atom stereocenters. The van der Waals surface area contributed by atoms with Crippen LogP contribution in [0.15, 0.2) is 34.9 Å². The highest BCUT2D eigenvalue weighted by molar-refractivity contribution is 7.92. The Kier molecular flexibility index (Phi) is 4.89. The lowest BCUT2D eigenvalue weighted by Gasteiger charge is -2.18. The average Bonchev–Trinajstić information content (AvgIpc) is 2.90. The smallest absolute Gasteiger partial charge is 0.245 e. The number of ether oxygens (including phenoxy) is 1. The lowest BCUT2D eigenvalue weighted by Crippen LogP contribution is -2.37. The van der Waals surface area contributed by atoms with Gasteiger partial charge in [-0.3, -0.25) is 4.79 Å². The van der Waals surface area contributed by atoms with Crippen LogP contribution in [0, 0.1) is 6.92 Å². The topological polar surface area (TPSA) is 102 Å². The van der Waals surface area contributed by atoms with Crippen molar-refractivity contribution >= 4 is 27.4 Å². The third-order valence-electron chi connectivity index (χ3n) is 2.91. The highest BCUT2D eigenvalue weighted by Crippen LogP contribution is 2.19. The molecule has 8 nitrogen and oxygen atoms in total. The molecule has 2 aromatic rings. The summed E-state index contributed by atoms with van der Waals surface area (Å²) in [7, 11) is -2.17. The Bertz CT molecular complexity index is 800. The SMILES string of the molecule is COc1cccc(NC(=O)CN(c2cc(C)on2)S(C)(=O)=O)c1. The first-order valence-corrected chi connectivity index (χ1v) is 8.49. The van der Waals surface area contributed by atoms with Gasteiger partial charge in [0.2, 0.25) is 15.9 Å². The first-order chi connectivity index (χ1) is 10.8. The summed E-state index contributed by atoms with van der Waals surface area (Å²) in [5.74, 6) is 0.576. The Labute approximate surface area is 134 Å². The van der Waals surface area contributed by atoms with Gasteiger partial charge in [0.1, 0.15) is 18.1 Å². The van der Waals surface area contributed by atoms with Crippen molar-refractivity contribution in [2.45, 2.75) is 6.92 Å². The minimum Gasteiger partial charge on any atom is -0.497 e. The average molecular weight is 339 g/mol. The van der Waals surface area contributed by atoms with Crippen molar-refractivity contribution in [3.05, 3.63) is 36.1 Å². The molecule has 1 heterocycles. The predicted molar refractivity (Wildman–Crippen MR) is 85.1 cm³/mol. The Morgan fingerprint density at radius 3 is 2.70 bits per heavy atom. The van der Waals surface area contributed by atoms with E-state index in [4.69, 9.17) is 9.26 Å². The van der Waals surface area contributed by atoms with Gasteiger partial charge in [-0.05, 0) is 19.1 Å². The molecule has 1 aromatic carbocycles. The third-order valence-corrected chi connectivity index (χ3v) is 4.03. The summed E-state index contributed by atoms with van der Waals surface area (Å²) < 4.78 is 34.6. The van der Waals surface area contributed by atoms with Crippen molar-refractivity contribution in [1.82, 2.24) is 5.16 Å². The summed E-state index contributed by atoms with van der Waals surface area (Å²) >= 11 is 0. The van der Waals surface area contributed by atoms with Crippen LogP contribution < -0.4 is 14.4 Å². The summed E-state index contributed by atoms with van der Waals surface area (Å²) in [4.78, 5) is 12.1.